The van der Waals surface area contributed by atoms with E-state index in [1.165, 1.54) is 25.7 Å². The van der Waals surface area contributed by atoms with Crippen molar-refractivity contribution >= 4 is 6.03 Å². The van der Waals surface area contributed by atoms with Gasteiger partial charge >= 0.3 is 6.03 Å². The molecule has 2 amide bonds. The maximum atomic E-state index is 9.60. The Balaban J connectivity index is 0. The maximum absolute atomic E-state index is 9.60. The van der Waals surface area contributed by atoms with Gasteiger partial charge in [-0.15, -0.1) is 0 Å². The molecule has 6 N–H and O–H groups in total. The largest absolute Gasteiger partial charge is 0.349 e. The van der Waals surface area contributed by atoms with Gasteiger partial charge in [0.05, 0.1) is 0 Å². The van der Waals surface area contributed by atoms with Crippen LogP contribution in [-0.2, 0) is 0 Å². The van der Waals surface area contributed by atoms with E-state index in [-0.39, 0.29) is 0 Å². The van der Waals surface area contributed by atoms with E-state index in [2.05, 4.69) is 31.3 Å². The smallest absolute Gasteiger partial charge is 0.343 e. The molecule has 0 radical (unpaired) electrons. The van der Waals surface area contributed by atoms with Crippen LogP contribution in [0.25, 0.3) is 0 Å². The summed E-state index contributed by atoms with van der Waals surface area (Å²) in [6, 6.07) is -0.852. The third kappa shape index (κ3) is 16.1. The Labute approximate surface area is 73.8 Å². The lowest BCUT2D eigenvalue weighted by Crippen LogP contribution is -2.46. The van der Waals surface area contributed by atoms with Gasteiger partial charge in [0.15, 0.2) is 0 Å². The van der Waals surface area contributed by atoms with Gasteiger partial charge in [0.1, 0.15) is 0 Å². The molecule has 0 aromatic carbocycles. The molecule has 12 heavy (non-hydrogen) atoms. The van der Waals surface area contributed by atoms with E-state index in [9.17, 15) is 4.79 Å². The molecule has 0 fully saturated rings. The number of carbonyl (C=O) groups excluding carboxylic acids is 1. The minimum Gasteiger partial charge on any atom is -0.349 e. The van der Waals surface area contributed by atoms with Crippen LogP contribution in [0.4, 0.5) is 4.79 Å². The summed E-state index contributed by atoms with van der Waals surface area (Å²) in [6.07, 6.45) is 5.54. The number of nitrogens with two attached hydrogens (primary N) is 3. The molecule has 0 bridgehead atoms. The molecular formula is C7H20N4O. The van der Waals surface area contributed by atoms with Crippen LogP contribution in [0.3, 0.4) is 0 Å². The van der Waals surface area contributed by atoms with Crippen molar-refractivity contribution < 1.29 is 4.79 Å². The zero-order chi connectivity index (χ0) is 9.98. The summed E-state index contributed by atoms with van der Waals surface area (Å²) in [4.78, 5) is 9.60. The van der Waals surface area contributed by atoms with E-state index in [0.29, 0.717) is 5.12 Å². The van der Waals surface area contributed by atoms with E-state index >= 15 is 0 Å². The Morgan fingerprint density at radius 2 is 1.42 bits per heavy atom. The van der Waals surface area contributed by atoms with E-state index in [0.717, 1.165) is 0 Å². The van der Waals surface area contributed by atoms with Gasteiger partial charge in [-0.05, 0) is 0 Å². The van der Waals surface area contributed by atoms with Crippen LogP contribution < -0.4 is 17.4 Å². The molecule has 0 saturated carbocycles. The molecule has 5 nitrogen and oxygen atoms in total. The number of rotatable bonds is 3. The van der Waals surface area contributed by atoms with Crippen molar-refractivity contribution in [1.82, 2.24) is 5.12 Å². The van der Waals surface area contributed by atoms with Crippen LogP contribution in [0.5, 0.6) is 0 Å². The van der Waals surface area contributed by atoms with E-state index < -0.39 is 6.03 Å². The zero-order valence-corrected chi connectivity index (χ0v) is 7.92. The number of hydrogen-bond donors (Lipinski definition) is 3. The number of hydrazine groups is 2. The number of primary amides is 1. The van der Waals surface area contributed by atoms with Crippen LogP contribution in [0.15, 0.2) is 0 Å². The molecule has 0 aliphatic carbocycles. The van der Waals surface area contributed by atoms with Crippen LogP contribution in [-0.4, -0.2) is 11.1 Å². The number of urea groups is 1. The predicted octanol–water partition coefficient (Wildman–Crippen LogP) is 0.701. The van der Waals surface area contributed by atoms with E-state index in [1.807, 2.05) is 0 Å². The van der Waals surface area contributed by atoms with Crippen molar-refractivity contribution in [2.24, 2.45) is 17.4 Å². The Morgan fingerprint density at radius 3 is 1.50 bits per heavy atom. The van der Waals surface area contributed by atoms with Crippen molar-refractivity contribution in [3.05, 3.63) is 0 Å². The van der Waals surface area contributed by atoms with Crippen LogP contribution >= 0.6 is 0 Å². The summed E-state index contributed by atoms with van der Waals surface area (Å²) < 4.78 is 0. The molecule has 0 aromatic heterocycles. The number of nitrogens with zero attached hydrogens (tertiary/aromatic N) is 1. The average Bonchev–Trinajstić information content (AvgIpc) is 2.02. The molecule has 0 heterocycles. The zero-order valence-electron chi connectivity index (χ0n) is 7.92. The van der Waals surface area contributed by atoms with Gasteiger partial charge < -0.3 is 5.73 Å². The van der Waals surface area contributed by atoms with E-state index in [1.54, 1.807) is 0 Å². The first-order valence-electron chi connectivity index (χ1n) is 4.15. The lowest BCUT2D eigenvalue weighted by molar-refractivity contribution is 0.210. The Morgan fingerprint density at radius 1 is 1.17 bits per heavy atom. The molecular weight excluding hydrogens is 156 g/mol. The summed E-state index contributed by atoms with van der Waals surface area (Å²) in [5.74, 6) is 9.14. The lowest BCUT2D eigenvalue weighted by atomic mass is 10.2. The molecule has 0 spiro atoms. The fourth-order valence-electron chi connectivity index (χ4n) is 0.500. The maximum Gasteiger partial charge on any atom is 0.343 e. The second kappa shape index (κ2) is 10.2. The van der Waals surface area contributed by atoms with Gasteiger partial charge in [-0.25, -0.2) is 16.5 Å². The Bertz CT molecular complexity index is 102. The summed E-state index contributed by atoms with van der Waals surface area (Å²) in [7, 11) is 0. The Kier molecular flexibility index (Phi) is 11.7. The number of hydrogen-bond acceptors (Lipinski definition) is 3. The highest BCUT2D eigenvalue weighted by atomic mass is 16.2. The lowest BCUT2D eigenvalue weighted by Gasteiger charge is -2.00. The fraction of sp³-hybridized carbons (Fsp3) is 0.857. The average molecular weight is 176 g/mol. The van der Waals surface area contributed by atoms with Gasteiger partial charge in [-0.1, -0.05) is 39.5 Å². The van der Waals surface area contributed by atoms with Gasteiger partial charge in [-0.2, -0.15) is 5.12 Å². The minimum atomic E-state index is -0.852. The minimum absolute atomic E-state index is 0.306. The summed E-state index contributed by atoms with van der Waals surface area (Å²) >= 11 is 0. The molecule has 0 aliphatic heterocycles. The molecule has 0 rings (SSSR count). The molecule has 0 aliphatic rings. The molecule has 0 unspecified atom stereocenters. The highest BCUT2D eigenvalue weighted by Crippen LogP contribution is 1.95. The van der Waals surface area contributed by atoms with Gasteiger partial charge in [-0.3, -0.25) is 0 Å². The predicted molar refractivity (Wildman–Crippen MR) is 49.6 cm³/mol. The summed E-state index contributed by atoms with van der Waals surface area (Å²) in [5, 5.41) is 0.306. The van der Waals surface area contributed by atoms with Gasteiger partial charge in [0.25, 0.3) is 0 Å². The first kappa shape index (κ1) is 13.8. The van der Waals surface area contributed by atoms with Gasteiger partial charge in [0, 0.05) is 0 Å². The van der Waals surface area contributed by atoms with Gasteiger partial charge in [0.2, 0.25) is 0 Å². The highest BCUT2D eigenvalue weighted by Gasteiger charge is 1.90. The molecule has 74 valence electrons. The first-order valence-corrected chi connectivity index (χ1v) is 4.15. The third-order valence-electron chi connectivity index (χ3n) is 1.21. The second-order valence-corrected chi connectivity index (χ2v) is 2.45. The molecule has 0 saturated heterocycles. The topological polar surface area (TPSA) is 98.4 Å². The monoisotopic (exact) mass is 176 g/mol. The van der Waals surface area contributed by atoms with Crippen molar-refractivity contribution in [2.45, 2.75) is 39.5 Å². The van der Waals surface area contributed by atoms with Crippen molar-refractivity contribution in [3.8, 4) is 0 Å². The van der Waals surface area contributed by atoms with Crippen molar-refractivity contribution in [3.63, 3.8) is 0 Å². The number of carbonyl (C=O) groups is 1. The van der Waals surface area contributed by atoms with Crippen LogP contribution in [0.1, 0.15) is 39.5 Å². The normalized spacial score (nSPS) is 8.33. The summed E-state index contributed by atoms with van der Waals surface area (Å²) in [6.45, 7) is 4.46. The van der Waals surface area contributed by atoms with Crippen molar-refractivity contribution in [1.29, 1.82) is 0 Å². The first-order chi connectivity index (χ1) is 5.56. The summed E-state index contributed by atoms with van der Waals surface area (Å²) in [5.41, 5.74) is 4.47. The van der Waals surface area contributed by atoms with Crippen LogP contribution in [0.2, 0.25) is 0 Å². The third-order valence-corrected chi connectivity index (χ3v) is 1.21. The SMILES string of the molecule is CCCCCC.NC(=O)N(N)N. The highest BCUT2D eigenvalue weighted by molar-refractivity contribution is 5.70. The molecule has 0 aromatic rings. The second-order valence-electron chi connectivity index (χ2n) is 2.45. The van der Waals surface area contributed by atoms with E-state index in [4.69, 9.17) is 0 Å². The number of amides is 2. The quantitative estimate of drug-likeness (QED) is 0.255. The molecule has 0 atom stereocenters. The Hall–Kier alpha value is -0.810. The number of unbranched alkanes of at least 4 members (excludes halogenated alkanes) is 3. The molecule has 5 heteroatoms. The van der Waals surface area contributed by atoms with Crippen LogP contribution in [0, 0.1) is 0 Å². The standard InChI is InChI=1S/C6H14.CH6N4O/c1-3-5-6-4-2;2-1(6)5(3)4/h3-6H2,1-2H3;3-4H2,(H2,2,6). The van der Waals surface area contributed by atoms with Crippen molar-refractivity contribution in [2.75, 3.05) is 0 Å². The fourth-order valence-corrected chi connectivity index (χ4v) is 0.500.